The first kappa shape index (κ1) is 15.1. The Labute approximate surface area is 129 Å². The normalized spacial score (nSPS) is 30.7. The first-order valence-corrected chi connectivity index (χ1v) is 8.61. The Morgan fingerprint density at radius 2 is 1.67 bits per heavy atom. The van der Waals surface area contributed by atoms with Gasteiger partial charge in [0.2, 0.25) is 0 Å². The van der Waals surface area contributed by atoms with Crippen LogP contribution >= 0.6 is 0 Å². The van der Waals surface area contributed by atoms with Crippen LogP contribution in [0.4, 0.5) is 0 Å². The molecule has 0 radical (unpaired) electrons. The van der Waals surface area contributed by atoms with E-state index in [0.29, 0.717) is 6.61 Å². The van der Waals surface area contributed by atoms with Crippen molar-refractivity contribution in [1.29, 1.82) is 0 Å². The molecule has 0 atom stereocenters. The van der Waals surface area contributed by atoms with Gasteiger partial charge in [-0.15, -0.1) is 0 Å². The van der Waals surface area contributed by atoms with Crippen LogP contribution in [0, 0.1) is 11.3 Å². The zero-order chi connectivity index (χ0) is 14.7. The summed E-state index contributed by atoms with van der Waals surface area (Å²) in [6.07, 6.45) is 7.30. The van der Waals surface area contributed by atoms with Crippen molar-refractivity contribution in [2.24, 2.45) is 11.3 Å². The average Bonchev–Trinajstić information content (AvgIpc) is 2.73. The summed E-state index contributed by atoms with van der Waals surface area (Å²) in [4.78, 5) is 2.60. The van der Waals surface area contributed by atoms with Gasteiger partial charge in [0.1, 0.15) is 0 Å². The molecule has 2 aliphatic rings. The molecule has 3 rings (SSSR count). The van der Waals surface area contributed by atoms with E-state index in [1.807, 2.05) is 0 Å². The van der Waals surface area contributed by atoms with Crippen molar-refractivity contribution in [2.75, 3.05) is 26.2 Å². The van der Waals surface area contributed by atoms with Gasteiger partial charge in [-0.1, -0.05) is 44.0 Å². The van der Waals surface area contributed by atoms with E-state index in [-0.39, 0.29) is 5.41 Å². The molecule has 0 unspecified atom stereocenters. The zero-order valence-corrected chi connectivity index (χ0v) is 13.4. The molecule has 1 aliphatic heterocycles. The molecule has 1 aliphatic carbocycles. The summed E-state index contributed by atoms with van der Waals surface area (Å²) in [5.41, 5.74) is 3.22. The number of aliphatic hydroxyl groups is 1. The smallest absolute Gasteiger partial charge is 0.0499 e. The number of rotatable bonds is 3. The van der Waals surface area contributed by atoms with Crippen LogP contribution in [0.25, 0.3) is 0 Å². The highest BCUT2D eigenvalue weighted by molar-refractivity contribution is 5.28. The van der Waals surface area contributed by atoms with Crippen LogP contribution in [-0.2, 0) is 12.8 Å². The van der Waals surface area contributed by atoms with E-state index in [2.05, 4.69) is 36.1 Å². The topological polar surface area (TPSA) is 23.5 Å². The van der Waals surface area contributed by atoms with Crippen molar-refractivity contribution in [1.82, 2.24) is 4.90 Å². The minimum atomic E-state index is 0.170. The zero-order valence-electron chi connectivity index (χ0n) is 13.4. The Bertz CT molecular complexity index is 435. The van der Waals surface area contributed by atoms with Crippen molar-refractivity contribution in [3.63, 3.8) is 0 Å². The van der Waals surface area contributed by atoms with Crippen LogP contribution in [0.1, 0.15) is 43.7 Å². The van der Waals surface area contributed by atoms with E-state index in [0.717, 1.165) is 38.4 Å². The summed E-state index contributed by atoms with van der Waals surface area (Å²) in [5.74, 6) is 0.845. The SMILES string of the molecule is CC1CCC(CO)(CN2CCc3ccccc3CC2)CC1. The monoisotopic (exact) mass is 287 g/mol. The molecule has 0 amide bonds. The molecule has 1 fully saturated rings. The summed E-state index contributed by atoms with van der Waals surface area (Å²) in [5, 5.41) is 9.98. The molecule has 21 heavy (non-hydrogen) atoms. The van der Waals surface area contributed by atoms with E-state index in [4.69, 9.17) is 0 Å². The van der Waals surface area contributed by atoms with Gasteiger partial charge < -0.3 is 10.0 Å². The third-order valence-corrected chi connectivity index (χ3v) is 5.74. The Morgan fingerprint density at radius 1 is 1.10 bits per heavy atom. The van der Waals surface area contributed by atoms with Gasteiger partial charge in [0, 0.05) is 31.7 Å². The van der Waals surface area contributed by atoms with Crippen molar-refractivity contribution in [3.8, 4) is 0 Å². The van der Waals surface area contributed by atoms with Gasteiger partial charge in [0.05, 0.1) is 0 Å². The standard InChI is InChI=1S/C19H29NO/c1-16-6-10-19(15-21,11-7-16)14-20-12-8-17-4-2-3-5-18(17)9-13-20/h2-5,16,21H,6-15H2,1H3. The third kappa shape index (κ3) is 3.49. The van der Waals surface area contributed by atoms with E-state index in [1.165, 1.54) is 36.8 Å². The Kier molecular flexibility index (Phi) is 4.66. The fourth-order valence-corrected chi connectivity index (χ4v) is 4.09. The van der Waals surface area contributed by atoms with Gasteiger partial charge in [0.15, 0.2) is 0 Å². The molecular weight excluding hydrogens is 258 g/mol. The van der Waals surface area contributed by atoms with Gasteiger partial charge in [-0.25, -0.2) is 0 Å². The van der Waals surface area contributed by atoms with Crippen LogP contribution in [0.3, 0.4) is 0 Å². The quantitative estimate of drug-likeness (QED) is 0.922. The highest BCUT2D eigenvalue weighted by Gasteiger charge is 2.35. The number of hydrogen-bond donors (Lipinski definition) is 1. The lowest BCUT2D eigenvalue weighted by atomic mass is 9.71. The molecule has 1 N–H and O–H groups in total. The van der Waals surface area contributed by atoms with Crippen molar-refractivity contribution in [2.45, 2.75) is 45.4 Å². The maximum atomic E-state index is 9.98. The lowest BCUT2D eigenvalue weighted by Crippen LogP contribution is -2.43. The number of hydrogen-bond acceptors (Lipinski definition) is 2. The van der Waals surface area contributed by atoms with Crippen LogP contribution in [0.5, 0.6) is 0 Å². The number of fused-ring (bicyclic) bond motifs is 1. The molecule has 116 valence electrons. The van der Waals surface area contributed by atoms with Crippen LogP contribution in [0.2, 0.25) is 0 Å². The fraction of sp³-hybridized carbons (Fsp3) is 0.684. The molecule has 1 saturated carbocycles. The lowest BCUT2D eigenvalue weighted by Gasteiger charge is -2.41. The molecule has 0 saturated heterocycles. The van der Waals surface area contributed by atoms with Crippen molar-refractivity contribution < 1.29 is 5.11 Å². The summed E-state index contributed by atoms with van der Waals surface area (Å²) in [6.45, 7) is 6.10. The second-order valence-electron chi connectivity index (χ2n) is 7.39. The van der Waals surface area contributed by atoms with Gasteiger partial charge in [-0.3, -0.25) is 0 Å². The second kappa shape index (κ2) is 6.50. The fourth-order valence-electron chi connectivity index (χ4n) is 4.09. The molecule has 1 aromatic rings. The largest absolute Gasteiger partial charge is 0.396 e. The molecule has 2 heteroatoms. The first-order chi connectivity index (χ1) is 10.2. The molecule has 0 bridgehead atoms. The van der Waals surface area contributed by atoms with E-state index >= 15 is 0 Å². The molecule has 0 aromatic heterocycles. The van der Waals surface area contributed by atoms with Crippen molar-refractivity contribution >= 4 is 0 Å². The van der Waals surface area contributed by atoms with Gasteiger partial charge in [0.25, 0.3) is 0 Å². The summed E-state index contributed by atoms with van der Waals surface area (Å²) < 4.78 is 0. The highest BCUT2D eigenvalue weighted by Crippen LogP contribution is 2.39. The Balaban J connectivity index is 1.63. The Hall–Kier alpha value is -0.860. The third-order valence-electron chi connectivity index (χ3n) is 5.74. The number of aliphatic hydroxyl groups excluding tert-OH is 1. The first-order valence-electron chi connectivity index (χ1n) is 8.61. The maximum absolute atomic E-state index is 9.98. The number of benzene rings is 1. The van der Waals surface area contributed by atoms with Gasteiger partial charge >= 0.3 is 0 Å². The van der Waals surface area contributed by atoms with E-state index in [9.17, 15) is 5.11 Å². The van der Waals surface area contributed by atoms with Crippen molar-refractivity contribution in [3.05, 3.63) is 35.4 Å². The predicted molar refractivity (Wildman–Crippen MR) is 87.4 cm³/mol. The van der Waals surface area contributed by atoms with E-state index in [1.54, 1.807) is 0 Å². The van der Waals surface area contributed by atoms with Crippen LogP contribution in [-0.4, -0.2) is 36.2 Å². The molecule has 1 aromatic carbocycles. The van der Waals surface area contributed by atoms with Gasteiger partial charge in [-0.05, 0) is 42.7 Å². The lowest BCUT2D eigenvalue weighted by molar-refractivity contribution is 0.0305. The summed E-state index contributed by atoms with van der Waals surface area (Å²) in [7, 11) is 0. The van der Waals surface area contributed by atoms with E-state index < -0.39 is 0 Å². The molecule has 1 heterocycles. The average molecular weight is 287 g/mol. The maximum Gasteiger partial charge on any atom is 0.0499 e. The summed E-state index contributed by atoms with van der Waals surface area (Å²) in [6, 6.07) is 8.88. The molecule has 0 spiro atoms. The predicted octanol–water partition coefficient (Wildman–Crippen LogP) is 3.28. The van der Waals surface area contributed by atoms with Crippen LogP contribution in [0.15, 0.2) is 24.3 Å². The minimum absolute atomic E-state index is 0.170. The van der Waals surface area contributed by atoms with Crippen LogP contribution < -0.4 is 0 Å². The number of nitrogens with zero attached hydrogens (tertiary/aromatic N) is 1. The highest BCUT2D eigenvalue weighted by atomic mass is 16.3. The second-order valence-corrected chi connectivity index (χ2v) is 7.39. The molecule has 2 nitrogen and oxygen atoms in total. The van der Waals surface area contributed by atoms with Gasteiger partial charge in [-0.2, -0.15) is 0 Å². The Morgan fingerprint density at radius 3 is 2.19 bits per heavy atom. The molecular formula is C19H29NO. The summed E-state index contributed by atoms with van der Waals surface area (Å²) >= 11 is 0. The minimum Gasteiger partial charge on any atom is -0.396 e.